The van der Waals surface area contributed by atoms with Crippen molar-refractivity contribution in [2.24, 2.45) is 4.99 Å². The van der Waals surface area contributed by atoms with E-state index in [1.807, 2.05) is 24.3 Å². The molecular weight excluding hydrogens is 533 g/mol. The molecule has 0 radical (unpaired) electrons. The first-order valence-corrected chi connectivity index (χ1v) is 11.2. The summed E-state index contributed by atoms with van der Waals surface area (Å²) in [5, 5.41) is 6.80. The molecule has 0 bridgehead atoms. The molecule has 0 aliphatic carbocycles. The van der Waals surface area contributed by atoms with Crippen LogP contribution in [0.4, 0.5) is 0 Å². The molecule has 1 aliphatic rings. The van der Waals surface area contributed by atoms with Gasteiger partial charge in [0.05, 0.1) is 19.4 Å². The number of hydrogen-bond donors (Lipinski definition) is 2. The van der Waals surface area contributed by atoms with E-state index in [9.17, 15) is 4.79 Å². The second kappa shape index (κ2) is 14.1. The molecule has 33 heavy (non-hydrogen) atoms. The summed E-state index contributed by atoms with van der Waals surface area (Å²) >= 11 is 0. The molecule has 1 fully saturated rings. The molecule has 2 N–H and O–H groups in total. The number of likely N-dealkylation sites (N-methyl/N-ethyl adjacent to an activating group) is 1. The third kappa shape index (κ3) is 8.54. The fourth-order valence-corrected chi connectivity index (χ4v) is 3.77. The number of likely N-dealkylation sites (tertiary alicyclic amines) is 1. The second-order valence-corrected chi connectivity index (χ2v) is 8.13. The average Bonchev–Trinajstić information content (AvgIpc) is 3.51. The monoisotopic (exact) mass is 569 g/mol. The van der Waals surface area contributed by atoms with Crippen molar-refractivity contribution in [2.45, 2.75) is 25.3 Å². The van der Waals surface area contributed by atoms with Crippen molar-refractivity contribution in [1.82, 2.24) is 20.4 Å². The highest BCUT2D eigenvalue weighted by atomic mass is 127. The van der Waals surface area contributed by atoms with E-state index in [1.165, 1.54) is 18.4 Å². The topological polar surface area (TPSA) is 82.3 Å². The Hall–Kier alpha value is -2.27. The number of ether oxygens (including phenoxy) is 1. The van der Waals surface area contributed by atoms with Crippen molar-refractivity contribution in [1.29, 1.82) is 0 Å². The number of benzene rings is 1. The summed E-state index contributed by atoms with van der Waals surface area (Å²) in [6, 6.07) is 12.3. The number of methoxy groups -OCH3 is 1. The summed E-state index contributed by atoms with van der Waals surface area (Å²) < 4.78 is 10.9. The van der Waals surface area contributed by atoms with Gasteiger partial charge in [0.1, 0.15) is 18.1 Å². The Morgan fingerprint density at radius 3 is 2.67 bits per heavy atom. The highest BCUT2D eigenvalue weighted by molar-refractivity contribution is 14.0. The molecule has 1 saturated heterocycles. The van der Waals surface area contributed by atoms with Crippen molar-refractivity contribution in [3.63, 3.8) is 0 Å². The van der Waals surface area contributed by atoms with Crippen LogP contribution in [-0.2, 0) is 11.2 Å². The molecule has 1 aliphatic heterocycles. The molecule has 0 saturated carbocycles. The van der Waals surface area contributed by atoms with Crippen molar-refractivity contribution in [3.8, 4) is 5.75 Å². The van der Waals surface area contributed by atoms with Gasteiger partial charge in [0.25, 0.3) is 0 Å². The number of guanidine groups is 1. The first-order valence-electron chi connectivity index (χ1n) is 11.2. The Bertz CT molecular complexity index is 867. The van der Waals surface area contributed by atoms with Gasteiger partial charge in [-0.05, 0) is 55.8 Å². The Morgan fingerprint density at radius 1 is 1.21 bits per heavy atom. The Morgan fingerprint density at radius 2 is 2.00 bits per heavy atom. The zero-order valence-electron chi connectivity index (χ0n) is 19.8. The molecule has 9 heteroatoms. The van der Waals surface area contributed by atoms with E-state index in [-0.39, 0.29) is 42.5 Å². The van der Waals surface area contributed by atoms with Gasteiger partial charge in [0.15, 0.2) is 5.96 Å². The third-order valence-corrected chi connectivity index (χ3v) is 5.64. The standard InChI is InChI=1S/C24H35N5O3.HI/c1-28(2)23(30)18-27-24(25-12-11-20-10-7-15-32-20)26-17-22(29-13-4-5-14-29)19-8-6-9-21(16-19)31-3;/h6-10,15-16,22H,4-5,11-14,17-18H2,1-3H3,(H2,25,26,27);1H. The van der Waals surface area contributed by atoms with Gasteiger partial charge in [-0.25, -0.2) is 4.99 Å². The number of carbonyl (C=O) groups is 1. The largest absolute Gasteiger partial charge is 0.497 e. The summed E-state index contributed by atoms with van der Waals surface area (Å²) in [5.41, 5.74) is 1.21. The molecule has 1 amide bonds. The number of amides is 1. The second-order valence-electron chi connectivity index (χ2n) is 8.13. The quantitative estimate of drug-likeness (QED) is 0.260. The number of nitrogens with zero attached hydrogens (tertiary/aromatic N) is 3. The van der Waals surface area contributed by atoms with Gasteiger partial charge >= 0.3 is 0 Å². The molecule has 1 aromatic heterocycles. The lowest BCUT2D eigenvalue weighted by Gasteiger charge is -2.29. The van der Waals surface area contributed by atoms with Gasteiger partial charge < -0.3 is 24.7 Å². The van der Waals surface area contributed by atoms with Crippen LogP contribution in [0.2, 0.25) is 0 Å². The minimum absolute atomic E-state index is 0. The van der Waals surface area contributed by atoms with Crippen LogP contribution >= 0.6 is 24.0 Å². The van der Waals surface area contributed by atoms with E-state index in [1.54, 1.807) is 32.4 Å². The summed E-state index contributed by atoms with van der Waals surface area (Å²) in [6.07, 6.45) is 4.83. The van der Waals surface area contributed by atoms with E-state index >= 15 is 0 Å². The molecule has 0 spiro atoms. The van der Waals surface area contributed by atoms with Gasteiger partial charge in [-0.1, -0.05) is 12.1 Å². The van der Waals surface area contributed by atoms with Crippen molar-refractivity contribution >= 4 is 35.8 Å². The van der Waals surface area contributed by atoms with Crippen LogP contribution in [0.1, 0.15) is 30.2 Å². The number of aliphatic imine (C=N–C) groups is 1. The van der Waals surface area contributed by atoms with Crippen LogP contribution in [0.5, 0.6) is 5.75 Å². The van der Waals surface area contributed by atoms with Crippen molar-refractivity contribution in [3.05, 3.63) is 54.0 Å². The minimum atomic E-state index is -0.0407. The predicted octanol–water partition coefficient (Wildman–Crippen LogP) is 2.91. The molecule has 1 atom stereocenters. The Kier molecular flexibility index (Phi) is 11.5. The molecule has 1 aromatic carbocycles. The highest BCUT2D eigenvalue weighted by Crippen LogP contribution is 2.27. The molecule has 182 valence electrons. The molecule has 1 unspecified atom stereocenters. The number of nitrogens with one attached hydrogen (secondary N) is 2. The first-order chi connectivity index (χ1) is 15.6. The SMILES string of the molecule is COc1cccc(C(CNC(=NCC(=O)N(C)C)NCCc2ccco2)N2CCCC2)c1.I. The summed E-state index contributed by atoms with van der Waals surface area (Å²) in [7, 11) is 5.17. The van der Waals surface area contributed by atoms with Crippen molar-refractivity contribution < 1.29 is 13.9 Å². The van der Waals surface area contributed by atoms with E-state index in [4.69, 9.17) is 9.15 Å². The van der Waals surface area contributed by atoms with Crippen LogP contribution < -0.4 is 15.4 Å². The maximum absolute atomic E-state index is 12.1. The van der Waals surface area contributed by atoms with Crippen molar-refractivity contribution in [2.75, 3.05) is 53.9 Å². The van der Waals surface area contributed by atoms with Gasteiger partial charge in [-0.3, -0.25) is 9.69 Å². The number of carbonyl (C=O) groups excluding carboxylic acids is 1. The molecular formula is C24H36IN5O3. The Balaban J connectivity index is 0.00000385. The number of furan rings is 1. The summed E-state index contributed by atoms with van der Waals surface area (Å²) in [4.78, 5) is 20.6. The van der Waals surface area contributed by atoms with Crippen LogP contribution in [-0.4, -0.2) is 75.6 Å². The normalized spacial score (nSPS) is 14.9. The molecule has 2 heterocycles. The lowest BCUT2D eigenvalue weighted by atomic mass is 10.1. The molecule has 3 rings (SSSR count). The number of halogens is 1. The molecule has 8 nitrogen and oxygen atoms in total. The van der Waals surface area contributed by atoms with Gasteiger partial charge in [-0.2, -0.15) is 0 Å². The fourth-order valence-electron chi connectivity index (χ4n) is 3.77. The fraction of sp³-hybridized carbons (Fsp3) is 0.500. The maximum atomic E-state index is 12.1. The minimum Gasteiger partial charge on any atom is -0.497 e. The van der Waals surface area contributed by atoms with Crippen LogP contribution in [0.25, 0.3) is 0 Å². The van der Waals surface area contributed by atoms with E-state index < -0.39 is 0 Å². The predicted molar refractivity (Wildman–Crippen MR) is 141 cm³/mol. The maximum Gasteiger partial charge on any atom is 0.243 e. The lowest BCUT2D eigenvalue weighted by molar-refractivity contribution is -0.127. The van der Waals surface area contributed by atoms with Gasteiger partial charge in [0, 0.05) is 33.6 Å². The first kappa shape index (κ1) is 27.0. The Labute approximate surface area is 213 Å². The van der Waals surface area contributed by atoms with Crippen LogP contribution in [0.15, 0.2) is 52.1 Å². The third-order valence-electron chi connectivity index (χ3n) is 5.64. The van der Waals surface area contributed by atoms with E-state index in [0.717, 1.165) is 31.0 Å². The highest BCUT2D eigenvalue weighted by Gasteiger charge is 2.24. The number of hydrogen-bond acceptors (Lipinski definition) is 5. The summed E-state index contributed by atoms with van der Waals surface area (Å²) in [6.45, 7) is 3.57. The van der Waals surface area contributed by atoms with Crippen LogP contribution in [0, 0.1) is 0 Å². The van der Waals surface area contributed by atoms with Crippen LogP contribution in [0.3, 0.4) is 0 Å². The average molecular weight is 569 g/mol. The summed E-state index contributed by atoms with van der Waals surface area (Å²) in [5.74, 6) is 2.35. The smallest absolute Gasteiger partial charge is 0.243 e. The molecule has 2 aromatic rings. The van der Waals surface area contributed by atoms with E-state index in [0.29, 0.717) is 19.0 Å². The zero-order valence-corrected chi connectivity index (χ0v) is 22.1. The zero-order chi connectivity index (χ0) is 22.8. The van der Waals surface area contributed by atoms with Gasteiger partial charge in [-0.15, -0.1) is 24.0 Å². The number of rotatable bonds is 10. The van der Waals surface area contributed by atoms with E-state index in [2.05, 4.69) is 32.7 Å². The lowest BCUT2D eigenvalue weighted by Crippen LogP contribution is -2.43. The van der Waals surface area contributed by atoms with Gasteiger partial charge in [0.2, 0.25) is 5.91 Å².